The second-order valence-corrected chi connectivity index (χ2v) is 7.27. The van der Waals surface area contributed by atoms with Crippen LogP contribution in [0.1, 0.15) is 33.3 Å². The van der Waals surface area contributed by atoms with Crippen molar-refractivity contribution in [3.63, 3.8) is 0 Å². The summed E-state index contributed by atoms with van der Waals surface area (Å²) in [5, 5.41) is 9.84. The van der Waals surface area contributed by atoms with Gasteiger partial charge in [0.2, 0.25) is 5.76 Å². The van der Waals surface area contributed by atoms with Gasteiger partial charge < -0.3 is 14.4 Å². The van der Waals surface area contributed by atoms with Crippen molar-refractivity contribution in [1.82, 2.24) is 4.90 Å². The number of amides is 1. The van der Waals surface area contributed by atoms with E-state index in [-0.39, 0.29) is 30.2 Å². The highest BCUT2D eigenvalue weighted by molar-refractivity contribution is 9.10. The summed E-state index contributed by atoms with van der Waals surface area (Å²) < 4.78 is 6.58. The van der Waals surface area contributed by atoms with Crippen molar-refractivity contribution in [3.8, 4) is 0 Å². The number of rotatable bonds is 3. The fourth-order valence-corrected chi connectivity index (χ4v) is 3.79. The first-order valence-electron chi connectivity index (χ1n) is 8.26. The third kappa shape index (κ3) is 2.57. The number of benzene rings is 2. The number of halogens is 1. The summed E-state index contributed by atoms with van der Waals surface area (Å²) in [6, 6.07) is 12.2. The Balaban J connectivity index is 2.01. The molecule has 132 valence electrons. The molecule has 1 aromatic heterocycles. The summed E-state index contributed by atoms with van der Waals surface area (Å²) in [7, 11) is 0. The maximum absolute atomic E-state index is 13.2. The van der Waals surface area contributed by atoms with E-state index in [0.29, 0.717) is 16.5 Å². The predicted molar refractivity (Wildman–Crippen MR) is 101 cm³/mol. The maximum atomic E-state index is 13.2. The quantitative estimate of drug-likeness (QED) is 0.713. The van der Waals surface area contributed by atoms with Crippen LogP contribution in [0.2, 0.25) is 0 Å². The molecule has 1 unspecified atom stereocenters. The maximum Gasteiger partial charge on any atom is 0.290 e. The van der Waals surface area contributed by atoms with E-state index < -0.39 is 6.04 Å². The second-order valence-electron chi connectivity index (χ2n) is 6.35. The number of carbonyl (C=O) groups excluding carboxylic acids is 1. The molecule has 0 aliphatic carbocycles. The van der Waals surface area contributed by atoms with E-state index in [4.69, 9.17) is 4.42 Å². The molecule has 0 radical (unpaired) electrons. The number of β-amino-alcohol motifs (C(OH)–C–C–N with tert-alkyl or cyclic N) is 1. The zero-order valence-electron chi connectivity index (χ0n) is 14.0. The number of nitrogens with zero attached hydrogens (tertiary/aromatic N) is 1. The smallest absolute Gasteiger partial charge is 0.290 e. The minimum Gasteiger partial charge on any atom is -0.450 e. The van der Waals surface area contributed by atoms with Gasteiger partial charge >= 0.3 is 0 Å². The Morgan fingerprint density at radius 3 is 2.58 bits per heavy atom. The van der Waals surface area contributed by atoms with Gasteiger partial charge in [-0.1, -0.05) is 45.8 Å². The Morgan fingerprint density at radius 2 is 1.88 bits per heavy atom. The molecule has 2 heterocycles. The molecule has 2 aromatic carbocycles. The molecule has 26 heavy (non-hydrogen) atoms. The average Bonchev–Trinajstić information content (AvgIpc) is 2.90. The second kappa shape index (κ2) is 6.37. The molecule has 0 fully saturated rings. The van der Waals surface area contributed by atoms with Gasteiger partial charge in [-0.3, -0.25) is 9.59 Å². The van der Waals surface area contributed by atoms with Crippen LogP contribution in [0.4, 0.5) is 0 Å². The molecule has 3 aromatic rings. The van der Waals surface area contributed by atoms with Crippen molar-refractivity contribution in [2.75, 3.05) is 13.2 Å². The highest BCUT2D eigenvalue weighted by Gasteiger charge is 2.42. The van der Waals surface area contributed by atoms with Crippen LogP contribution in [-0.2, 0) is 0 Å². The molecule has 5 nitrogen and oxygen atoms in total. The first-order chi connectivity index (χ1) is 12.5. The third-order valence-corrected chi connectivity index (χ3v) is 5.15. The van der Waals surface area contributed by atoms with E-state index in [1.807, 2.05) is 31.2 Å². The average molecular weight is 414 g/mol. The summed E-state index contributed by atoms with van der Waals surface area (Å²) in [4.78, 5) is 27.6. The Kier molecular flexibility index (Phi) is 4.17. The summed E-state index contributed by atoms with van der Waals surface area (Å²) in [5.41, 5.74) is 2.39. The van der Waals surface area contributed by atoms with Gasteiger partial charge in [-0.15, -0.1) is 0 Å². The number of carbonyl (C=O) groups is 1. The summed E-state index contributed by atoms with van der Waals surface area (Å²) >= 11 is 3.37. The van der Waals surface area contributed by atoms with E-state index >= 15 is 0 Å². The number of hydrogen-bond acceptors (Lipinski definition) is 4. The van der Waals surface area contributed by atoms with E-state index in [1.165, 1.54) is 4.90 Å². The number of aliphatic hydroxyl groups is 1. The first kappa shape index (κ1) is 17.0. The number of fused-ring (bicyclic) bond motifs is 2. The molecule has 1 N–H and O–H groups in total. The van der Waals surface area contributed by atoms with Gasteiger partial charge in [-0.25, -0.2) is 0 Å². The lowest BCUT2D eigenvalue weighted by atomic mass is 9.98. The van der Waals surface area contributed by atoms with Gasteiger partial charge in [-0.05, 0) is 30.7 Å². The van der Waals surface area contributed by atoms with Crippen LogP contribution in [0.15, 0.2) is 56.1 Å². The van der Waals surface area contributed by atoms with Crippen molar-refractivity contribution >= 4 is 32.8 Å². The van der Waals surface area contributed by atoms with Gasteiger partial charge in [0.1, 0.15) is 5.58 Å². The molecular weight excluding hydrogens is 398 g/mol. The molecule has 1 aliphatic heterocycles. The Bertz CT molecular complexity index is 1070. The van der Waals surface area contributed by atoms with Gasteiger partial charge in [0.15, 0.2) is 5.43 Å². The van der Waals surface area contributed by atoms with E-state index in [0.717, 1.165) is 15.6 Å². The monoisotopic (exact) mass is 413 g/mol. The molecule has 0 bridgehead atoms. The zero-order chi connectivity index (χ0) is 18.4. The van der Waals surface area contributed by atoms with Crippen LogP contribution < -0.4 is 5.43 Å². The molecule has 0 saturated carbocycles. The minimum atomic E-state index is -0.565. The van der Waals surface area contributed by atoms with Gasteiger partial charge in [0.25, 0.3) is 5.91 Å². The van der Waals surface area contributed by atoms with Crippen LogP contribution in [0.25, 0.3) is 11.0 Å². The molecule has 1 atom stereocenters. The highest BCUT2D eigenvalue weighted by atomic mass is 79.9. The lowest BCUT2D eigenvalue weighted by molar-refractivity contribution is 0.0691. The largest absolute Gasteiger partial charge is 0.450 e. The molecule has 4 rings (SSSR count). The van der Waals surface area contributed by atoms with Crippen LogP contribution in [0.5, 0.6) is 0 Å². The zero-order valence-corrected chi connectivity index (χ0v) is 15.6. The van der Waals surface area contributed by atoms with E-state index in [2.05, 4.69) is 15.9 Å². The van der Waals surface area contributed by atoms with Gasteiger partial charge in [-0.2, -0.15) is 0 Å². The molecule has 1 aliphatic rings. The normalized spacial score (nSPS) is 16.3. The Morgan fingerprint density at radius 1 is 1.15 bits per heavy atom. The molecular formula is C20H16BrNO4. The van der Waals surface area contributed by atoms with Crippen molar-refractivity contribution in [3.05, 3.63) is 79.6 Å². The molecule has 1 amide bonds. The number of aliphatic hydroxyl groups excluding tert-OH is 1. The fourth-order valence-electron chi connectivity index (χ4n) is 3.43. The minimum absolute atomic E-state index is 0.0591. The van der Waals surface area contributed by atoms with Crippen molar-refractivity contribution in [2.45, 2.75) is 13.0 Å². The molecule has 0 saturated heterocycles. The van der Waals surface area contributed by atoms with Crippen molar-refractivity contribution in [2.24, 2.45) is 0 Å². The molecule has 0 spiro atoms. The topological polar surface area (TPSA) is 70.8 Å². The predicted octanol–water partition coefficient (Wildman–Crippen LogP) is 3.40. The fraction of sp³-hybridized carbons (Fsp3) is 0.200. The van der Waals surface area contributed by atoms with Crippen LogP contribution in [0.3, 0.4) is 0 Å². The van der Waals surface area contributed by atoms with Crippen LogP contribution in [-0.4, -0.2) is 29.1 Å². The first-order valence-corrected chi connectivity index (χ1v) is 9.05. The summed E-state index contributed by atoms with van der Waals surface area (Å²) in [5.74, 6) is -0.314. The lowest BCUT2D eigenvalue weighted by Gasteiger charge is -2.24. The van der Waals surface area contributed by atoms with Crippen LogP contribution in [0, 0.1) is 6.92 Å². The third-order valence-electron chi connectivity index (χ3n) is 4.66. The Labute approximate surface area is 158 Å². The van der Waals surface area contributed by atoms with E-state index in [9.17, 15) is 14.7 Å². The number of aryl methyl sites for hydroxylation is 1. The lowest BCUT2D eigenvalue weighted by Crippen LogP contribution is -2.32. The van der Waals surface area contributed by atoms with E-state index in [1.54, 1.807) is 18.2 Å². The van der Waals surface area contributed by atoms with Crippen molar-refractivity contribution in [1.29, 1.82) is 0 Å². The Hall–Kier alpha value is -2.44. The standard InChI is InChI=1S/C20H16BrNO4/c1-11-2-4-12(5-3-11)17-16-18(24)14-10-13(21)6-7-15(14)26-19(16)20(25)22(17)8-9-23/h2-7,10,17,23H,8-9H2,1H3. The SMILES string of the molecule is Cc1ccc(C2c3c(oc4ccc(Br)cc4c3=O)C(=O)N2CCO)cc1. The van der Waals surface area contributed by atoms with Gasteiger partial charge in [0, 0.05) is 11.0 Å². The van der Waals surface area contributed by atoms with Gasteiger partial charge in [0.05, 0.1) is 23.6 Å². The number of hydrogen-bond donors (Lipinski definition) is 1. The van der Waals surface area contributed by atoms with Crippen LogP contribution >= 0.6 is 15.9 Å². The summed E-state index contributed by atoms with van der Waals surface area (Å²) in [6.07, 6.45) is 0. The summed E-state index contributed by atoms with van der Waals surface area (Å²) in [6.45, 7) is 1.91. The molecule has 6 heteroatoms. The highest BCUT2D eigenvalue weighted by Crippen LogP contribution is 2.38. The van der Waals surface area contributed by atoms with Crippen molar-refractivity contribution < 1.29 is 14.3 Å².